The second kappa shape index (κ2) is 7.09. The molecule has 2 rings (SSSR count). The van der Waals surface area contributed by atoms with Crippen molar-refractivity contribution in [3.8, 4) is 5.75 Å². The Morgan fingerprint density at radius 3 is 2.80 bits per heavy atom. The van der Waals surface area contributed by atoms with Crippen molar-refractivity contribution in [3.05, 3.63) is 28.2 Å². The van der Waals surface area contributed by atoms with Gasteiger partial charge < -0.3 is 15.0 Å². The largest absolute Gasteiger partial charge is 0.496 e. The van der Waals surface area contributed by atoms with E-state index >= 15 is 0 Å². The van der Waals surface area contributed by atoms with Gasteiger partial charge in [-0.05, 0) is 51.1 Å². The van der Waals surface area contributed by atoms with Gasteiger partial charge in [-0.1, -0.05) is 15.9 Å². The first-order chi connectivity index (χ1) is 9.60. The van der Waals surface area contributed by atoms with Crippen LogP contribution in [0.5, 0.6) is 5.75 Å². The molecule has 1 aliphatic heterocycles. The number of amides is 1. The van der Waals surface area contributed by atoms with E-state index in [0.29, 0.717) is 11.3 Å². The Bertz CT molecular complexity index is 473. The Kier molecular flexibility index (Phi) is 5.43. The van der Waals surface area contributed by atoms with Crippen LogP contribution < -0.4 is 10.1 Å². The first kappa shape index (κ1) is 15.3. The van der Waals surface area contributed by atoms with Gasteiger partial charge in [-0.25, -0.2) is 0 Å². The Hall–Kier alpha value is -1.07. The lowest BCUT2D eigenvalue weighted by Crippen LogP contribution is -2.41. The summed E-state index contributed by atoms with van der Waals surface area (Å²) in [5.41, 5.74) is 0.573. The SMILES string of the molecule is COc1cc(Br)ccc1C(=O)NC(C)CN1CCCC1. The molecule has 20 heavy (non-hydrogen) atoms. The van der Waals surface area contributed by atoms with E-state index in [9.17, 15) is 4.79 Å². The molecule has 1 atom stereocenters. The predicted molar refractivity (Wildman–Crippen MR) is 83.3 cm³/mol. The number of benzene rings is 1. The van der Waals surface area contributed by atoms with Gasteiger partial charge >= 0.3 is 0 Å². The Morgan fingerprint density at radius 1 is 1.45 bits per heavy atom. The quantitative estimate of drug-likeness (QED) is 0.895. The monoisotopic (exact) mass is 340 g/mol. The number of halogens is 1. The summed E-state index contributed by atoms with van der Waals surface area (Å²) in [6.07, 6.45) is 2.53. The molecule has 5 heteroatoms. The molecule has 1 fully saturated rings. The summed E-state index contributed by atoms with van der Waals surface area (Å²) >= 11 is 3.38. The summed E-state index contributed by atoms with van der Waals surface area (Å²) in [5, 5.41) is 3.04. The molecule has 0 radical (unpaired) electrons. The van der Waals surface area contributed by atoms with Crippen LogP contribution in [0.15, 0.2) is 22.7 Å². The van der Waals surface area contributed by atoms with Crippen LogP contribution in [0.25, 0.3) is 0 Å². The van der Waals surface area contributed by atoms with E-state index in [1.807, 2.05) is 13.0 Å². The van der Waals surface area contributed by atoms with Crippen molar-refractivity contribution in [2.75, 3.05) is 26.7 Å². The van der Waals surface area contributed by atoms with Crippen LogP contribution in [0.3, 0.4) is 0 Å². The number of hydrogen-bond acceptors (Lipinski definition) is 3. The molecule has 1 aromatic rings. The van der Waals surface area contributed by atoms with Crippen LogP contribution in [0, 0.1) is 0 Å². The number of nitrogens with one attached hydrogen (secondary N) is 1. The minimum Gasteiger partial charge on any atom is -0.496 e. The average Bonchev–Trinajstić information content (AvgIpc) is 2.90. The zero-order valence-electron chi connectivity index (χ0n) is 12.0. The number of carbonyl (C=O) groups excluding carboxylic acids is 1. The standard InChI is InChI=1S/C15H21BrN2O2/c1-11(10-18-7-3-4-8-18)17-15(19)13-6-5-12(16)9-14(13)20-2/h5-6,9,11H,3-4,7-8,10H2,1-2H3,(H,17,19). The van der Waals surface area contributed by atoms with Gasteiger partial charge in [0.2, 0.25) is 0 Å². The lowest BCUT2D eigenvalue weighted by molar-refractivity contribution is 0.0929. The molecule has 0 saturated carbocycles. The lowest BCUT2D eigenvalue weighted by Gasteiger charge is -2.21. The second-order valence-corrected chi connectivity index (χ2v) is 6.14. The van der Waals surface area contributed by atoms with Gasteiger partial charge in [-0.2, -0.15) is 0 Å². The van der Waals surface area contributed by atoms with Crippen molar-refractivity contribution in [2.24, 2.45) is 0 Å². The molecule has 0 aliphatic carbocycles. The Balaban J connectivity index is 1.96. The molecule has 1 amide bonds. The zero-order valence-corrected chi connectivity index (χ0v) is 13.6. The van der Waals surface area contributed by atoms with E-state index < -0.39 is 0 Å². The molecule has 110 valence electrons. The van der Waals surface area contributed by atoms with Gasteiger partial charge in [-0.15, -0.1) is 0 Å². The van der Waals surface area contributed by atoms with Gasteiger partial charge in [0.15, 0.2) is 0 Å². The van der Waals surface area contributed by atoms with E-state index in [2.05, 4.69) is 26.1 Å². The summed E-state index contributed by atoms with van der Waals surface area (Å²) in [5.74, 6) is 0.506. The Morgan fingerprint density at radius 2 is 2.15 bits per heavy atom. The molecule has 0 spiro atoms. The van der Waals surface area contributed by atoms with Crippen LogP contribution >= 0.6 is 15.9 Å². The molecule has 1 unspecified atom stereocenters. The molecular weight excluding hydrogens is 320 g/mol. The first-order valence-electron chi connectivity index (χ1n) is 6.97. The van der Waals surface area contributed by atoms with Crippen molar-refractivity contribution in [1.29, 1.82) is 0 Å². The summed E-state index contributed by atoms with van der Waals surface area (Å²) in [7, 11) is 1.58. The fourth-order valence-electron chi connectivity index (χ4n) is 2.55. The van der Waals surface area contributed by atoms with Gasteiger partial charge in [0, 0.05) is 17.1 Å². The highest BCUT2D eigenvalue weighted by molar-refractivity contribution is 9.10. The fourth-order valence-corrected chi connectivity index (χ4v) is 2.89. The number of methoxy groups -OCH3 is 1. The van der Waals surface area contributed by atoms with Crippen LogP contribution in [0.1, 0.15) is 30.1 Å². The number of likely N-dealkylation sites (tertiary alicyclic amines) is 1. The smallest absolute Gasteiger partial charge is 0.255 e. The van der Waals surface area contributed by atoms with Crippen molar-refractivity contribution < 1.29 is 9.53 Å². The number of ether oxygens (including phenoxy) is 1. The van der Waals surface area contributed by atoms with Crippen LogP contribution in [-0.4, -0.2) is 43.6 Å². The van der Waals surface area contributed by atoms with E-state index in [1.54, 1.807) is 19.2 Å². The maximum atomic E-state index is 12.3. The minimum atomic E-state index is -0.0824. The highest BCUT2D eigenvalue weighted by Crippen LogP contribution is 2.23. The number of hydrogen-bond donors (Lipinski definition) is 1. The maximum absolute atomic E-state index is 12.3. The van der Waals surface area contributed by atoms with E-state index in [1.165, 1.54) is 12.8 Å². The van der Waals surface area contributed by atoms with E-state index in [4.69, 9.17) is 4.74 Å². The van der Waals surface area contributed by atoms with Crippen molar-refractivity contribution in [1.82, 2.24) is 10.2 Å². The number of rotatable bonds is 5. The molecule has 0 aromatic heterocycles. The molecule has 0 bridgehead atoms. The molecule has 1 saturated heterocycles. The van der Waals surface area contributed by atoms with Gasteiger partial charge in [0.1, 0.15) is 5.75 Å². The van der Waals surface area contributed by atoms with Gasteiger partial charge in [-0.3, -0.25) is 4.79 Å². The first-order valence-corrected chi connectivity index (χ1v) is 7.76. The van der Waals surface area contributed by atoms with Crippen LogP contribution in [0.4, 0.5) is 0 Å². The zero-order chi connectivity index (χ0) is 14.5. The van der Waals surface area contributed by atoms with E-state index in [0.717, 1.165) is 24.1 Å². The molecule has 1 aromatic carbocycles. The minimum absolute atomic E-state index is 0.0824. The molecule has 4 nitrogen and oxygen atoms in total. The number of carbonyl (C=O) groups is 1. The topological polar surface area (TPSA) is 41.6 Å². The third-order valence-electron chi connectivity index (χ3n) is 3.52. The predicted octanol–water partition coefficient (Wildman–Crippen LogP) is 2.67. The highest BCUT2D eigenvalue weighted by atomic mass is 79.9. The van der Waals surface area contributed by atoms with Crippen LogP contribution in [-0.2, 0) is 0 Å². The fraction of sp³-hybridized carbons (Fsp3) is 0.533. The van der Waals surface area contributed by atoms with Crippen molar-refractivity contribution >= 4 is 21.8 Å². The summed E-state index contributed by atoms with van der Waals surface area (Å²) < 4.78 is 6.16. The third kappa shape index (κ3) is 3.96. The van der Waals surface area contributed by atoms with Gasteiger partial charge in [0.25, 0.3) is 5.91 Å². The average molecular weight is 341 g/mol. The molecule has 1 N–H and O–H groups in total. The normalized spacial score (nSPS) is 16.9. The summed E-state index contributed by atoms with van der Waals surface area (Å²) in [6.45, 7) is 5.23. The highest BCUT2D eigenvalue weighted by Gasteiger charge is 2.18. The van der Waals surface area contributed by atoms with Crippen LogP contribution in [0.2, 0.25) is 0 Å². The van der Waals surface area contributed by atoms with Crippen molar-refractivity contribution in [3.63, 3.8) is 0 Å². The third-order valence-corrected chi connectivity index (χ3v) is 4.01. The molecule has 1 aliphatic rings. The summed E-state index contributed by atoms with van der Waals surface area (Å²) in [6, 6.07) is 5.57. The molecular formula is C15H21BrN2O2. The summed E-state index contributed by atoms with van der Waals surface area (Å²) in [4.78, 5) is 14.7. The van der Waals surface area contributed by atoms with Crippen molar-refractivity contribution in [2.45, 2.75) is 25.8 Å². The lowest BCUT2D eigenvalue weighted by atomic mass is 10.1. The van der Waals surface area contributed by atoms with E-state index in [-0.39, 0.29) is 11.9 Å². The van der Waals surface area contributed by atoms with Gasteiger partial charge in [0.05, 0.1) is 12.7 Å². The molecule has 1 heterocycles. The number of nitrogens with zero attached hydrogens (tertiary/aromatic N) is 1. The Labute approximate surface area is 128 Å². The second-order valence-electron chi connectivity index (χ2n) is 5.23. The maximum Gasteiger partial charge on any atom is 0.255 e.